The van der Waals surface area contributed by atoms with Gasteiger partial charge in [0.15, 0.2) is 0 Å². The number of nitrogens with one attached hydrogen (secondary N) is 1. The van der Waals surface area contributed by atoms with Gasteiger partial charge in [0.05, 0.1) is 12.3 Å². The summed E-state index contributed by atoms with van der Waals surface area (Å²) in [7, 11) is 0. The van der Waals surface area contributed by atoms with Crippen molar-refractivity contribution in [2.45, 2.75) is 26.2 Å². The van der Waals surface area contributed by atoms with E-state index < -0.39 is 0 Å². The summed E-state index contributed by atoms with van der Waals surface area (Å²) in [6.45, 7) is 4.26. The topological polar surface area (TPSA) is 75.4 Å². The molecule has 22 heavy (non-hydrogen) atoms. The van der Waals surface area contributed by atoms with E-state index in [1.54, 1.807) is 11.3 Å². The van der Waals surface area contributed by atoms with Crippen LogP contribution in [0, 0.1) is 12.8 Å². The maximum atomic E-state index is 12.3. The van der Waals surface area contributed by atoms with Crippen LogP contribution in [-0.2, 0) is 16.0 Å². The summed E-state index contributed by atoms with van der Waals surface area (Å²) in [4.78, 5) is 28.5. The molecule has 1 saturated heterocycles. The van der Waals surface area contributed by atoms with Gasteiger partial charge in [-0.05, 0) is 31.9 Å². The van der Waals surface area contributed by atoms with E-state index in [0.717, 1.165) is 24.3 Å². The average Bonchev–Trinajstić information content (AvgIpc) is 2.90. The SMILES string of the molecule is Cc1ccc(CC(=O)N2CCCC(C(=O)NCCN)C2)s1.Cl. The van der Waals surface area contributed by atoms with Crippen molar-refractivity contribution in [3.05, 3.63) is 21.9 Å². The lowest BCUT2D eigenvalue weighted by Crippen LogP contribution is -2.46. The second kappa shape index (κ2) is 9.12. The monoisotopic (exact) mass is 345 g/mol. The Labute approximate surface area is 141 Å². The second-order valence-corrected chi connectivity index (χ2v) is 6.82. The van der Waals surface area contributed by atoms with E-state index in [0.29, 0.717) is 26.1 Å². The molecular weight excluding hydrogens is 322 g/mol. The minimum Gasteiger partial charge on any atom is -0.355 e. The lowest BCUT2D eigenvalue weighted by Gasteiger charge is -2.32. The quantitative estimate of drug-likeness (QED) is 0.845. The molecule has 5 nitrogen and oxygen atoms in total. The summed E-state index contributed by atoms with van der Waals surface area (Å²) in [6.07, 6.45) is 2.17. The number of thiophene rings is 1. The van der Waals surface area contributed by atoms with Gasteiger partial charge in [-0.1, -0.05) is 0 Å². The fourth-order valence-corrected chi connectivity index (χ4v) is 3.48. The zero-order chi connectivity index (χ0) is 15.2. The number of carbonyl (C=O) groups excluding carboxylic acids is 2. The van der Waals surface area contributed by atoms with Crippen molar-refractivity contribution in [2.75, 3.05) is 26.2 Å². The van der Waals surface area contributed by atoms with E-state index in [-0.39, 0.29) is 30.1 Å². The number of halogens is 1. The van der Waals surface area contributed by atoms with Crippen molar-refractivity contribution < 1.29 is 9.59 Å². The van der Waals surface area contributed by atoms with Gasteiger partial charge >= 0.3 is 0 Å². The first-order valence-corrected chi connectivity index (χ1v) is 8.22. The highest BCUT2D eigenvalue weighted by Gasteiger charge is 2.28. The van der Waals surface area contributed by atoms with E-state index >= 15 is 0 Å². The summed E-state index contributed by atoms with van der Waals surface area (Å²) in [6, 6.07) is 4.04. The molecule has 124 valence electrons. The van der Waals surface area contributed by atoms with Crippen LogP contribution in [0.25, 0.3) is 0 Å². The molecule has 0 radical (unpaired) electrons. The Morgan fingerprint density at radius 3 is 2.86 bits per heavy atom. The summed E-state index contributed by atoms with van der Waals surface area (Å²) < 4.78 is 0. The van der Waals surface area contributed by atoms with Crippen LogP contribution in [-0.4, -0.2) is 42.9 Å². The zero-order valence-corrected chi connectivity index (χ0v) is 14.5. The summed E-state index contributed by atoms with van der Waals surface area (Å²) >= 11 is 1.66. The molecule has 1 atom stereocenters. The van der Waals surface area contributed by atoms with Crippen LogP contribution >= 0.6 is 23.7 Å². The van der Waals surface area contributed by atoms with Crippen LogP contribution in [0.15, 0.2) is 12.1 Å². The molecule has 1 aliphatic heterocycles. The molecular formula is C15H24ClN3O2S. The Balaban J connectivity index is 0.00000242. The molecule has 2 heterocycles. The number of piperidine rings is 1. The molecule has 3 N–H and O–H groups in total. The molecule has 0 aliphatic carbocycles. The van der Waals surface area contributed by atoms with Gasteiger partial charge in [-0.25, -0.2) is 0 Å². The number of nitrogens with zero attached hydrogens (tertiary/aromatic N) is 1. The first-order valence-electron chi connectivity index (χ1n) is 7.41. The Morgan fingerprint density at radius 1 is 1.45 bits per heavy atom. The molecule has 1 unspecified atom stereocenters. The number of nitrogens with two attached hydrogens (primary N) is 1. The molecule has 1 aromatic heterocycles. The molecule has 0 bridgehead atoms. The van der Waals surface area contributed by atoms with Gasteiger partial charge in [-0.3, -0.25) is 9.59 Å². The Hall–Kier alpha value is -1.11. The molecule has 0 spiro atoms. The fourth-order valence-electron chi connectivity index (χ4n) is 2.60. The normalized spacial score (nSPS) is 17.7. The van der Waals surface area contributed by atoms with Gasteiger partial charge in [0.25, 0.3) is 0 Å². The highest BCUT2D eigenvalue weighted by atomic mass is 35.5. The maximum Gasteiger partial charge on any atom is 0.227 e. The van der Waals surface area contributed by atoms with Crippen molar-refractivity contribution in [2.24, 2.45) is 11.7 Å². The largest absolute Gasteiger partial charge is 0.355 e. The Kier molecular flexibility index (Phi) is 7.85. The van der Waals surface area contributed by atoms with Crippen LogP contribution in [0.5, 0.6) is 0 Å². The summed E-state index contributed by atoms with van der Waals surface area (Å²) in [5.74, 6) is 0.0393. The number of amides is 2. The summed E-state index contributed by atoms with van der Waals surface area (Å²) in [5.41, 5.74) is 5.39. The van der Waals surface area contributed by atoms with Crippen LogP contribution in [0.4, 0.5) is 0 Å². The average molecular weight is 346 g/mol. The Morgan fingerprint density at radius 2 is 2.23 bits per heavy atom. The van der Waals surface area contributed by atoms with Crippen molar-refractivity contribution in [3.63, 3.8) is 0 Å². The van der Waals surface area contributed by atoms with Gasteiger partial charge in [0, 0.05) is 35.9 Å². The van der Waals surface area contributed by atoms with Crippen molar-refractivity contribution in [1.82, 2.24) is 10.2 Å². The molecule has 0 saturated carbocycles. The smallest absolute Gasteiger partial charge is 0.227 e. The van der Waals surface area contributed by atoms with E-state index in [4.69, 9.17) is 5.73 Å². The third kappa shape index (κ3) is 5.26. The van der Waals surface area contributed by atoms with Crippen molar-refractivity contribution in [3.8, 4) is 0 Å². The standard InChI is InChI=1S/C15H23N3O2S.ClH/c1-11-4-5-13(21-11)9-14(19)18-8-2-3-12(10-18)15(20)17-7-6-16;/h4-5,12H,2-3,6-10,16H2,1H3,(H,17,20);1H. The van der Waals surface area contributed by atoms with Crippen LogP contribution in [0.2, 0.25) is 0 Å². The van der Waals surface area contributed by atoms with Crippen molar-refractivity contribution in [1.29, 1.82) is 0 Å². The van der Waals surface area contributed by atoms with E-state index in [9.17, 15) is 9.59 Å². The van der Waals surface area contributed by atoms with E-state index in [1.807, 2.05) is 24.0 Å². The lowest BCUT2D eigenvalue weighted by molar-refractivity contribution is -0.135. The minimum atomic E-state index is -0.0979. The molecule has 1 aromatic rings. The first kappa shape index (κ1) is 18.9. The van der Waals surface area contributed by atoms with Gasteiger partial charge in [0.1, 0.15) is 0 Å². The third-order valence-corrected chi connectivity index (χ3v) is 4.71. The third-order valence-electron chi connectivity index (χ3n) is 3.71. The second-order valence-electron chi connectivity index (χ2n) is 5.45. The highest BCUT2D eigenvalue weighted by Crippen LogP contribution is 2.20. The van der Waals surface area contributed by atoms with Crippen molar-refractivity contribution >= 4 is 35.6 Å². The van der Waals surface area contributed by atoms with Gasteiger partial charge in [0.2, 0.25) is 11.8 Å². The minimum absolute atomic E-state index is 0. The van der Waals surface area contributed by atoms with E-state index in [1.165, 1.54) is 4.88 Å². The molecule has 1 aliphatic rings. The van der Waals surface area contributed by atoms with Crippen LogP contribution in [0.1, 0.15) is 22.6 Å². The van der Waals surface area contributed by atoms with E-state index in [2.05, 4.69) is 5.32 Å². The van der Waals surface area contributed by atoms with Gasteiger partial charge in [-0.2, -0.15) is 0 Å². The molecule has 0 aromatic carbocycles. The lowest BCUT2D eigenvalue weighted by atomic mass is 9.97. The molecule has 7 heteroatoms. The fraction of sp³-hybridized carbons (Fsp3) is 0.600. The molecule has 1 fully saturated rings. The number of carbonyl (C=O) groups is 2. The predicted octanol–water partition coefficient (Wildman–Crippen LogP) is 1.33. The highest BCUT2D eigenvalue weighted by molar-refractivity contribution is 7.12. The predicted molar refractivity (Wildman–Crippen MR) is 91.4 cm³/mol. The number of likely N-dealkylation sites (tertiary alicyclic amines) is 1. The van der Waals surface area contributed by atoms with Crippen LogP contribution in [0.3, 0.4) is 0 Å². The van der Waals surface area contributed by atoms with Crippen LogP contribution < -0.4 is 11.1 Å². The summed E-state index contributed by atoms with van der Waals surface area (Å²) in [5, 5.41) is 2.81. The first-order chi connectivity index (χ1) is 10.1. The number of rotatable bonds is 5. The maximum absolute atomic E-state index is 12.3. The van der Waals surface area contributed by atoms with Gasteiger partial charge in [-0.15, -0.1) is 23.7 Å². The molecule has 2 amide bonds. The zero-order valence-electron chi connectivity index (χ0n) is 12.8. The molecule has 2 rings (SSSR count). The number of hydrogen-bond donors (Lipinski definition) is 2. The number of aryl methyl sites for hydroxylation is 1. The number of hydrogen-bond acceptors (Lipinski definition) is 4. The Bertz CT molecular complexity index is 507. The van der Waals surface area contributed by atoms with Gasteiger partial charge < -0.3 is 16.0 Å².